The van der Waals surface area contributed by atoms with Gasteiger partial charge in [0.15, 0.2) is 0 Å². The van der Waals surface area contributed by atoms with Gasteiger partial charge < -0.3 is 19.5 Å². The first kappa shape index (κ1) is 23.5. The zero-order chi connectivity index (χ0) is 24.3. The molecule has 2 fully saturated rings. The number of alkyl halides is 3. The SMILES string of the molecule is O=C(O)C(F)(F)F.O=C(c1cnc2ccccn12)N1CC2(C1)OCCC2COc1cccnc1. The van der Waals surface area contributed by atoms with Crippen LogP contribution in [0.2, 0.25) is 0 Å². The summed E-state index contributed by atoms with van der Waals surface area (Å²) in [5.41, 5.74) is 1.07. The van der Waals surface area contributed by atoms with E-state index in [-0.39, 0.29) is 17.4 Å². The van der Waals surface area contributed by atoms with Crippen molar-refractivity contribution in [3.63, 3.8) is 0 Å². The Kier molecular flexibility index (Phi) is 6.42. The lowest BCUT2D eigenvalue weighted by atomic mass is 9.81. The van der Waals surface area contributed by atoms with E-state index in [2.05, 4.69) is 9.97 Å². The molecule has 1 unspecified atom stereocenters. The molecule has 1 atom stereocenters. The summed E-state index contributed by atoms with van der Waals surface area (Å²) >= 11 is 0. The van der Waals surface area contributed by atoms with Gasteiger partial charge in [0, 0.05) is 24.9 Å². The van der Waals surface area contributed by atoms with Crippen LogP contribution >= 0.6 is 0 Å². The average molecular weight is 478 g/mol. The van der Waals surface area contributed by atoms with E-state index < -0.39 is 12.1 Å². The van der Waals surface area contributed by atoms with Gasteiger partial charge in [0.1, 0.15) is 22.7 Å². The van der Waals surface area contributed by atoms with Gasteiger partial charge >= 0.3 is 12.1 Å². The fourth-order valence-electron chi connectivity index (χ4n) is 4.00. The average Bonchev–Trinajstić information content (AvgIpc) is 3.41. The maximum Gasteiger partial charge on any atom is 0.490 e. The van der Waals surface area contributed by atoms with E-state index in [0.29, 0.717) is 32.0 Å². The maximum absolute atomic E-state index is 12.9. The van der Waals surface area contributed by atoms with Crippen molar-refractivity contribution >= 4 is 17.5 Å². The van der Waals surface area contributed by atoms with Crippen molar-refractivity contribution in [1.29, 1.82) is 0 Å². The third kappa shape index (κ3) is 4.81. The first-order chi connectivity index (χ1) is 16.2. The third-order valence-corrected chi connectivity index (χ3v) is 5.77. The Morgan fingerprint density at radius 3 is 2.65 bits per heavy atom. The van der Waals surface area contributed by atoms with Crippen molar-refractivity contribution in [2.75, 3.05) is 26.3 Å². The molecule has 9 nitrogen and oxygen atoms in total. The van der Waals surface area contributed by atoms with Gasteiger partial charge in [0.25, 0.3) is 5.91 Å². The number of halogens is 3. The van der Waals surface area contributed by atoms with Gasteiger partial charge in [-0.3, -0.25) is 14.2 Å². The van der Waals surface area contributed by atoms with Crippen molar-refractivity contribution in [1.82, 2.24) is 19.3 Å². The van der Waals surface area contributed by atoms with Crippen LogP contribution in [0.5, 0.6) is 5.75 Å². The highest BCUT2D eigenvalue weighted by molar-refractivity contribution is 5.94. The highest BCUT2D eigenvalue weighted by Crippen LogP contribution is 2.40. The third-order valence-electron chi connectivity index (χ3n) is 5.77. The van der Waals surface area contributed by atoms with Crippen LogP contribution in [0.1, 0.15) is 16.9 Å². The molecule has 180 valence electrons. The molecule has 0 radical (unpaired) electrons. The van der Waals surface area contributed by atoms with E-state index in [0.717, 1.165) is 17.8 Å². The molecule has 12 heteroatoms. The van der Waals surface area contributed by atoms with E-state index >= 15 is 0 Å². The van der Waals surface area contributed by atoms with Crippen LogP contribution in [-0.2, 0) is 9.53 Å². The molecule has 0 aromatic carbocycles. The zero-order valence-corrected chi connectivity index (χ0v) is 17.8. The number of carbonyl (C=O) groups is 2. The summed E-state index contributed by atoms with van der Waals surface area (Å²) in [6.45, 7) is 2.46. The number of amides is 1. The van der Waals surface area contributed by atoms with Crippen molar-refractivity contribution in [2.45, 2.75) is 18.2 Å². The number of carboxylic acid groups (broad SMARTS) is 1. The number of fused-ring (bicyclic) bond motifs is 1. The van der Waals surface area contributed by atoms with Crippen molar-refractivity contribution in [2.24, 2.45) is 5.92 Å². The molecule has 0 bridgehead atoms. The van der Waals surface area contributed by atoms with Crippen LogP contribution < -0.4 is 4.74 Å². The van der Waals surface area contributed by atoms with Gasteiger partial charge in [-0.1, -0.05) is 6.07 Å². The monoisotopic (exact) mass is 478 g/mol. The van der Waals surface area contributed by atoms with Gasteiger partial charge in [-0.05, 0) is 30.7 Å². The molecule has 3 aromatic rings. The number of rotatable bonds is 4. The lowest BCUT2D eigenvalue weighted by Crippen LogP contribution is -2.66. The summed E-state index contributed by atoms with van der Waals surface area (Å²) in [7, 11) is 0. The number of carboxylic acids is 1. The summed E-state index contributed by atoms with van der Waals surface area (Å²) in [4.78, 5) is 32.0. The Hall–Kier alpha value is -3.67. The zero-order valence-electron chi connectivity index (χ0n) is 17.8. The molecule has 1 N–H and O–H groups in total. The minimum atomic E-state index is -5.08. The highest BCUT2D eigenvalue weighted by Gasteiger charge is 2.55. The Morgan fingerprint density at radius 1 is 1.21 bits per heavy atom. The predicted molar refractivity (Wildman–Crippen MR) is 111 cm³/mol. The molecule has 3 aromatic heterocycles. The number of aromatic nitrogens is 3. The minimum absolute atomic E-state index is 0.0123. The number of imidazole rings is 1. The number of ether oxygens (including phenoxy) is 2. The highest BCUT2D eigenvalue weighted by atomic mass is 19.4. The molecular formula is C22H21F3N4O5. The van der Waals surface area contributed by atoms with E-state index in [1.165, 1.54) is 0 Å². The molecule has 2 aliphatic rings. The number of nitrogens with zero attached hydrogens (tertiary/aromatic N) is 4. The summed E-state index contributed by atoms with van der Waals surface area (Å²) in [5, 5.41) is 7.12. The molecule has 34 heavy (non-hydrogen) atoms. The summed E-state index contributed by atoms with van der Waals surface area (Å²) < 4.78 is 45.5. The normalized spacial score (nSPS) is 18.8. The largest absolute Gasteiger partial charge is 0.492 e. The number of hydrogen-bond donors (Lipinski definition) is 1. The maximum atomic E-state index is 12.9. The molecule has 1 amide bonds. The Morgan fingerprint density at radius 2 is 1.97 bits per heavy atom. The second-order valence-electron chi connectivity index (χ2n) is 7.93. The molecule has 0 saturated carbocycles. The topological polar surface area (TPSA) is 106 Å². The van der Waals surface area contributed by atoms with E-state index in [1.54, 1.807) is 18.6 Å². The quantitative estimate of drug-likeness (QED) is 0.615. The Labute approximate surface area is 191 Å². The van der Waals surface area contributed by atoms with Crippen LogP contribution in [-0.4, -0.2) is 74.3 Å². The predicted octanol–water partition coefficient (Wildman–Crippen LogP) is 2.67. The molecule has 0 aliphatic carbocycles. The minimum Gasteiger partial charge on any atom is -0.492 e. The lowest BCUT2D eigenvalue weighted by Gasteiger charge is -2.49. The summed E-state index contributed by atoms with van der Waals surface area (Å²) in [6.07, 6.45) is 2.80. The van der Waals surface area contributed by atoms with Crippen LogP contribution in [0.3, 0.4) is 0 Å². The lowest BCUT2D eigenvalue weighted by molar-refractivity contribution is -0.192. The first-order valence-electron chi connectivity index (χ1n) is 10.4. The fraction of sp³-hybridized carbons (Fsp3) is 0.364. The summed E-state index contributed by atoms with van der Waals surface area (Å²) in [6, 6.07) is 9.45. The van der Waals surface area contributed by atoms with Crippen molar-refractivity contribution < 1.29 is 37.3 Å². The molecule has 2 saturated heterocycles. The van der Waals surface area contributed by atoms with Gasteiger partial charge in [-0.15, -0.1) is 0 Å². The number of hydrogen-bond acceptors (Lipinski definition) is 6. The standard InChI is InChI=1S/C20H20N4O3.C2HF3O2/c25-19(17-11-22-18-5-1-2-8-24(17)18)23-13-20(14-23)15(6-9-27-20)12-26-16-4-3-7-21-10-16;3-2(4,5)1(6)7/h1-5,7-8,10-11,15H,6,9,12-14H2;(H,6,7). The second kappa shape index (κ2) is 9.29. The Bertz CT molecular complexity index is 1160. The van der Waals surface area contributed by atoms with Gasteiger partial charge in [-0.2, -0.15) is 13.2 Å². The van der Waals surface area contributed by atoms with Crippen molar-refractivity contribution in [3.8, 4) is 5.75 Å². The molecular weight excluding hydrogens is 457 g/mol. The van der Waals surface area contributed by atoms with E-state index in [4.69, 9.17) is 19.4 Å². The van der Waals surface area contributed by atoms with Gasteiger partial charge in [0.2, 0.25) is 0 Å². The van der Waals surface area contributed by atoms with E-state index in [1.807, 2.05) is 45.8 Å². The van der Waals surface area contributed by atoms with Crippen molar-refractivity contribution in [3.05, 3.63) is 60.8 Å². The molecule has 5 heterocycles. The number of pyridine rings is 2. The fourth-order valence-corrected chi connectivity index (χ4v) is 4.00. The molecule has 2 aliphatic heterocycles. The van der Waals surface area contributed by atoms with Gasteiger partial charge in [0.05, 0.1) is 32.1 Å². The van der Waals surface area contributed by atoms with Crippen LogP contribution in [0, 0.1) is 5.92 Å². The van der Waals surface area contributed by atoms with Crippen LogP contribution in [0.15, 0.2) is 55.1 Å². The first-order valence-corrected chi connectivity index (χ1v) is 10.4. The molecule has 5 rings (SSSR count). The molecule has 1 spiro atoms. The van der Waals surface area contributed by atoms with Gasteiger partial charge in [-0.25, -0.2) is 9.78 Å². The smallest absolute Gasteiger partial charge is 0.490 e. The number of likely N-dealkylation sites (tertiary alicyclic amines) is 1. The van der Waals surface area contributed by atoms with E-state index in [9.17, 15) is 18.0 Å². The Balaban J connectivity index is 0.000000344. The second-order valence-corrected chi connectivity index (χ2v) is 7.93. The van der Waals surface area contributed by atoms with Crippen LogP contribution in [0.25, 0.3) is 5.65 Å². The van der Waals surface area contributed by atoms with Crippen LogP contribution in [0.4, 0.5) is 13.2 Å². The summed E-state index contributed by atoms with van der Waals surface area (Å²) in [5.74, 6) is -1.74. The number of aliphatic carboxylic acids is 1. The number of carbonyl (C=O) groups excluding carboxylic acids is 1.